The smallest absolute Gasteiger partial charge is 0.225 e. The third kappa shape index (κ3) is 3.44. The molecule has 0 radical (unpaired) electrons. The molecule has 1 aromatic rings. The van der Waals surface area contributed by atoms with Crippen LogP contribution in [0.15, 0.2) is 6.20 Å². The second-order valence-corrected chi connectivity index (χ2v) is 6.94. The van der Waals surface area contributed by atoms with Gasteiger partial charge in [-0.15, -0.1) is 0 Å². The van der Waals surface area contributed by atoms with Crippen LogP contribution in [0.25, 0.3) is 0 Å². The molecule has 0 spiro atoms. The van der Waals surface area contributed by atoms with Crippen LogP contribution in [0.5, 0.6) is 0 Å². The minimum atomic E-state index is -3.10. The van der Waals surface area contributed by atoms with Crippen LogP contribution in [0.3, 0.4) is 0 Å². The van der Waals surface area contributed by atoms with E-state index in [-0.39, 0.29) is 0 Å². The number of nitrogens with one attached hydrogen (secondary N) is 1. The predicted octanol–water partition coefficient (Wildman–Crippen LogP) is -0.414. The zero-order valence-corrected chi connectivity index (χ0v) is 12.9. The maximum atomic E-state index is 11.5. The molecule has 0 atom stereocenters. The summed E-state index contributed by atoms with van der Waals surface area (Å²) in [5.74, 6) is 0.676. The van der Waals surface area contributed by atoms with Crippen molar-refractivity contribution in [3.63, 3.8) is 0 Å². The summed E-state index contributed by atoms with van der Waals surface area (Å²) in [4.78, 5) is 10.9. The van der Waals surface area contributed by atoms with Crippen molar-refractivity contribution in [3.05, 3.63) is 17.5 Å². The van der Waals surface area contributed by atoms with Gasteiger partial charge in [-0.1, -0.05) is 0 Å². The molecule has 1 aromatic heterocycles. The molecular formula is C12H21N5O2S. The number of sulfonamides is 1. The number of hydrogen-bond donors (Lipinski definition) is 1. The van der Waals surface area contributed by atoms with Gasteiger partial charge in [-0.05, 0) is 14.0 Å². The van der Waals surface area contributed by atoms with E-state index < -0.39 is 10.0 Å². The number of rotatable bonds is 4. The third-order valence-electron chi connectivity index (χ3n) is 3.43. The minimum absolute atomic E-state index is 0.486. The molecule has 1 aliphatic heterocycles. The zero-order valence-electron chi connectivity index (χ0n) is 12.1. The van der Waals surface area contributed by atoms with E-state index in [0.717, 1.165) is 17.8 Å². The van der Waals surface area contributed by atoms with Gasteiger partial charge in [-0.2, -0.15) is 4.31 Å². The lowest BCUT2D eigenvalue weighted by Gasteiger charge is -2.33. The third-order valence-corrected chi connectivity index (χ3v) is 4.73. The molecule has 1 aliphatic rings. The lowest BCUT2D eigenvalue weighted by Crippen LogP contribution is -2.48. The Hall–Kier alpha value is -1.25. The first-order valence-corrected chi connectivity index (χ1v) is 8.44. The van der Waals surface area contributed by atoms with Crippen LogP contribution in [-0.2, 0) is 16.6 Å². The lowest BCUT2D eigenvalue weighted by atomic mass is 10.2. The number of piperazine rings is 1. The van der Waals surface area contributed by atoms with Gasteiger partial charge in [0.25, 0.3) is 0 Å². The van der Waals surface area contributed by atoms with Crippen LogP contribution >= 0.6 is 0 Å². The summed E-state index contributed by atoms with van der Waals surface area (Å²) < 4.78 is 24.4. The van der Waals surface area contributed by atoms with E-state index in [9.17, 15) is 8.42 Å². The van der Waals surface area contributed by atoms with Crippen LogP contribution in [0.4, 0.5) is 5.95 Å². The topological polar surface area (TPSA) is 78.4 Å². The molecule has 0 bridgehead atoms. The fourth-order valence-corrected chi connectivity index (χ4v) is 3.04. The number of aromatic nitrogens is 2. The second-order valence-electron chi connectivity index (χ2n) is 4.96. The Morgan fingerprint density at radius 1 is 1.30 bits per heavy atom. The SMILES string of the molecule is CNCc1cnc(N2CCN(S(C)(=O)=O)CC2)nc1C. The van der Waals surface area contributed by atoms with E-state index in [0.29, 0.717) is 32.1 Å². The fraction of sp³-hybridized carbons (Fsp3) is 0.667. The van der Waals surface area contributed by atoms with Crippen LogP contribution in [0.2, 0.25) is 0 Å². The first kappa shape index (κ1) is 15.1. The van der Waals surface area contributed by atoms with Crippen molar-refractivity contribution in [3.8, 4) is 0 Å². The van der Waals surface area contributed by atoms with Crippen molar-refractivity contribution in [1.82, 2.24) is 19.6 Å². The molecule has 7 nitrogen and oxygen atoms in total. The van der Waals surface area contributed by atoms with Gasteiger partial charge < -0.3 is 10.2 Å². The normalized spacial score (nSPS) is 17.4. The predicted molar refractivity (Wildman–Crippen MR) is 78.2 cm³/mol. The van der Waals surface area contributed by atoms with Gasteiger partial charge in [-0.3, -0.25) is 0 Å². The van der Waals surface area contributed by atoms with Gasteiger partial charge >= 0.3 is 0 Å². The number of nitrogens with zero attached hydrogens (tertiary/aromatic N) is 4. The number of hydrogen-bond acceptors (Lipinski definition) is 6. The molecule has 1 fully saturated rings. The van der Waals surface area contributed by atoms with Gasteiger partial charge in [0.2, 0.25) is 16.0 Å². The minimum Gasteiger partial charge on any atom is -0.338 e. The molecule has 1 N–H and O–H groups in total. The van der Waals surface area contributed by atoms with E-state index in [1.807, 2.05) is 25.1 Å². The van der Waals surface area contributed by atoms with Crippen molar-refractivity contribution >= 4 is 16.0 Å². The molecule has 0 aromatic carbocycles. The standard InChI is InChI=1S/C12H21N5O2S/c1-10-11(8-13-2)9-14-12(15-10)16-4-6-17(7-5-16)20(3,18)19/h9,13H,4-8H2,1-3H3. The average Bonchev–Trinajstić information content (AvgIpc) is 2.40. The maximum absolute atomic E-state index is 11.5. The van der Waals surface area contributed by atoms with Crippen molar-refractivity contribution in [2.45, 2.75) is 13.5 Å². The highest BCUT2D eigenvalue weighted by molar-refractivity contribution is 7.88. The van der Waals surface area contributed by atoms with Gasteiger partial charge in [0.15, 0.2) is 0 Å². The summed E-state index contributed by atoms with van der Waals surface area (Å²) in [6.45, 7) is 4.92. The maximum Gasteiger partial charge on any atom is 0.225 e. The van der Waals surface area contributed by atoms with Gasteiger partial charge in [0.05, 0.1) is 6.26 Å². The van der Waals surface area contributed by atoms with Crippen molar-refractivity contribution in [2.24, 2.45) is 0 Å². The second kappa shape index (κ2) is 6.02. The lowest BCUT2D eigenvalue weighted by molar-refractivity contribution is 0.385. The average molecular weight is 299 g/mol. The Labute approximate surface area is 120 Å². The Morgan fingerprint density at radius 3 is 2.45 bits per heavy atom. The van der Waals surface area contributed by atoms with Gasteiger partial charge in [-0.25, -0.2) is 18.4 Å². The first-order chi connectivity index (χ1) is 9.41. The van der Waals surface area contributed by atoms with Gasteiger partial charge in [0, 0.05) is 50.2 Å². The van der Waals surface area contributed by atoms with Crippen molar-refractivity contribution in [1.29, 1.82) is 0 Å². The zero-order chi connectivity index (χ0) is 14.8. The summed E-state index contributed by atoms with van der Waals surface area (Å²) in [6, 6.07) is 0. The highest BCUT2D eigenvalue weighted by atomic mass is 32.2. The molecule has 0 saturated carbocycles. The Kier molecular flexibility index (Phi) is 4.56. The van der Waals surface area contributed by atoms with E-state index in [2.05, 4.69) is 15.3 Å². The molecule has 8 heteroatoms. The van der Waals surface area contributed by atoms with Crippen LogP contribution in [-0.4, -0.2) is 62.2 Å². The van der Waals surface area contributed by atoms with Gasteiger partial charge in [0.1, 0.15) is 0 Å². The summed E-state index contributed by atoms with van der Waals surface area (Å²) in [5, 5.41) is 3.08. The molecule has 2 rings (SSSR count). The van der Waals surface area contributed by atoms with Crippen LogP contribution < -0.4 is 10.2 Å². The molecule has 20 heavy (non-hydrogen) atoms. The largest absolute Gasteiger partial charge is 0.338 e. The van der Waals surface area contributed by atoms with E-state index in [1.54, 1.807) is 0 Å². The summed E-state index contributed by atoms with van der Waals surface area (Å²) >= 11 is 0. The number of anilines is 1. The summed E-state index contributed by atoms with van der Waals surface area (Å²) in [7, 11) is -1.21. The molecular weight excluding hydrogens is 278 g/mol. The molecule has 112 valence electrons. The summed E-state index contributed by atoms with van der Waals surface area (Å²) in [6.07, 6.45) is 3.08. The fourth-order valence-electron chi connectivity index (χ4n) is 2.22. The van der Waals surface area contributed by atoms with Crippen molar-refractivity contribution < 1.29 is 8.42 Å². The molecule has 0 aliphatic carbocycles. The highest BCUT2D eigenvalue weighted by Gasteiger charge is 2.24. The van der Waals surface area contributed by atoms with E-state index >= 15 is 0 Å². The highest BCUT2D eigenvalue weighted by Crippen LogP contribution is 2.14. The monoisotopic (exact) mass is 299 g/mol. The Bertz CT molecular complexity index is 567. The van der Waals surface area contributed by atoms with Crippen LogP contribution in [0, 0.1) is 6.92 Å². The molecule has 0 amide bonds. The molecule has 2 heterocycles. The van der Waals surface area contributed by atoms with E-state index in [4.69, 9.17) is 0 Å². The van der Waals surface area contributed by atoms with E-state index in [1.165, 1.54) is 10.6 Å². The quantitative estimate of drug-likeness (QED) is 0.814. The summed E-state index contributed by atoms with van der Waals surface area (Å²) in [5.41, 5.74) is 2.03. The Balaban J connectivity index is 2.06. The Morgan fingerprint density at radius 2 is 1.95 bits per heavy atom. The molecule has 1 saturated heterocycles. The van der Waals surface area contributed by atoms with Crippen molar-refractivity contribution in [2.75, 3.05) is 44.4 Å². The first-order valence-electron chi connectivity index (χ1n) is 6.59. The number of aryl methyl sites for hydroxylation is 1. The van der Waals surface area contributed by atoms with Crippen LogP contribution in [0.1, 0.15) is 11.3 Å². The molecule has 0 unspecified atom stereocenters.